The molecule has 0 saturated heterocycles. The summed E-state index contributed by atoms with van der Waals surface area (Å²) in [5, 5.41) is 9.41. The number of aryl methyl sites for hydroxylation is 2. The number of imidazole rings is 1. The van der Waals surface area contributed by atoms with Gasteiger partial charge in [-0.3, -0.25) is 0 Å². The van der Waals surface area contributed by atoms with Gasteiger partial charge in [-0.25, -0.2) is 4.98 Å². The molecule has 1 unspecified atom stereocenters. The average molecular weight is 164 g/mol. The third kappa shape index (κ3) is 1.66. The molecule has 0 spiro atoms. The molecule has 0 aromatic carbocycles. The van der Waals surface area contributed by atoms with Crippen LogP contribution in [0.5, 0.6) is 0 Å². The summed E-state index contributed by atoms with van der Waals surface area (Å²) < 4.78 is 1.86. The molecule has 0 saturated carbocycles. The number of rotatable bonds is 1. The lowest BCUT2D eigenvalue weighted by Gasteiger charge is -1.95. The maximum atomic E-state index is 9.41. The van der Waals surface area contributed by atoms with E-state index in [1.165, 1.54) is 0 Å². The summed E-state index contributed by atoms with van der Waals surface area (Å²) in [6, 6.07) is 0. The van der Waals surface area contributed by atoms with Crippen molar-refractivity contribution >= 4 is 0 Å². The van der Waals surface area contributed by atoms with Gasteiger partial charge >= 0.3 is 0 Å². The molecule has 0 bridgehead atoms. The first-order valence-corrected chi connectivity index (χ1v) is 3.75. The Morgan fingerprint density at radius 3 is 2.75 bits per heavy atom. The fourth-order valence-electron chi connectivity index (χ4n) is 0.929. The molecule has 64 valence electrons. The van der Waals surface area contributed by atoms with E-state index in [0.29, 0.717) is 5.69 Å². The van der Waals surface area contributed by atoms with Crippen LogP contribution in [0.3, 0.4) is 0 Å². The highest BCUT2D eigenvalue weighted by Gasteiger charge is 2.07. The first kappa shape index (κ1) is 8.82. The van der Waals surface area contributed by atoms with Crippen molar-refractivity contribution < 1.29 is 5.11 Å². The fourth-order valence-corrected chi connectivity index (χ4v) is 0.929. The van der Waals surface area contributed by atoms with Gasteiger partial charge in [-0.15, -0.1) is 5.92 Å². The van der Waals surface area contributed by atoms with Crippen molar-refractivity contribution in [2.24, 2.45) is 7.05 Å². The molecule has 0 radical (unpaired) electrons. The highest BCUT2D eigenvalue weighted by Crippen LogP contribution is 2.09. The van der Waals surface area contributed by atoms with Crippen molar-refractivity contribution in [2.75, 3.05) is 0 Å². The molecular weight excluding hydrogens is 152 g/mol. The van der Waals surface area contributed by atoms with E-state index in [2.05, 4.69) is 16.8 Å². The summed E-state index contributed by atoms with van der Waals surface area (Å²) in [6.07, 6.45) is 1.03. The molecule has 3 heteroatoms. The summed E-state index contributed by atoms with van der Waals surface area (Å²) >= 11 is 0. The molecule has 12 heavy (non-hydrogen) atoms. The number of aliphatic hydroxyl groups excluding tert-OH is 1. The summed E-state index contributed by atoms with van der Waals surface area (Å²) in [4.78, 5) is 4.14. The Balaban J connectivity index is 2.93. The molecule has 0 amide bonds. The van der Waals surface area contributed by atoms with Crippen molar-refractivity contribution in [1.82, 2.24) is 9.55 Å². The van der Waals surface area contributed by atoms with Crippen LogP contribution in [0.25, 0.3) is 0 Å². The normalized spacial score (nSPS) is 12.0. The minimum atomic E-state index is -0.755. The molecule has 1 atom stereocenters. The van der Waals surface area contributed by atoms with Crippen LogP contribution < -0.4 is 0 Å². The lowest BCUT2D eigenvalue weighted by atomic mass is 10.3. The number of hydrogen-bond acceptors (Lipinski definition) is 2. The van der Waals surface area contributed by atoms with Gasteiger partial charge in [-0.2, -0.15) is 0 Å². The minimum Gasteiger partial charge on any atom is -0.374 e. The molecule has 1 aromatic rings. The number of hydrogen-bond donors (Lipinski definition) is 1. The molecule has 1 rings (SSSR count). The van der Waals surface area contributed by atoms with Gasteiger partial charge in [-0.1, -0.05) is 5.92 Å². The quantitative estimate of drug-likeness (QED) is 0.623. The van der Waals surface area contributed by atoms with Gasteiger partial charge in [0.25, 0.3) is 0 Å². The third-order valence-electron chi connectivity index (χ3n) is 1.69. The van der Waals surface area contributed by atoms with Crippen molar-refractivity contribution in [3.63, 3.8) is 0 Å². The number of aliphatic hydroxyl groups is 1. The van der Waals surface area contributed by atoms with Gasteiger partial charge in [0.1, 0.15) is 5.82 Å². The second kappa shape index (κ2) is 3.42. The molecule has 1 N–H and O–H groups in total. The SMILES string of the molecule is CC#CC(O)c1cn(C)c(C)n1. The Morgan fingerprint density at radius 1 is 1.67 bits per heavy atom. The number of aromatic nitrogens is 2. The molecule has 3 nitrogen and oxygen atoms in total. The second-order valence-corrected chi connectivity index (χ2v) is 2.62. The second-order valence-electron chi connectivity index (χ2n) is 2.62. The topological polar surface area (TPSA) is 38.0 Å². The van der Waals surface area contributed by atoms with Crippen LogP contribution in [0, 0.1) is 18.8 Å². The maximum absolute atomic E-state index is 9.41. The molecule has 0 aliphatic rings. The van der Waals surface area contributed by atoms with E-state index in [9.17, 15) is 5.11 Å². The van der Waals surface area contributed by atoms with Gasteiger partial charge in [0, 0.05) is 13.2 Å². The minimum absolute atomic E-state index is 0.615. The zero-order valence-electron chi connectivity index (χ0n) is 7.50. The van der Waals surface area contributed by atoms with Crippen molar-refractivity contribution in [1.29, 1.82) is 0 Å². The van der Waals surface area contributed by atoms with E-state index in [1.807, 2.05) is 18.5 Å². The summed E-state index contributed by atoms with van der Waals surface area (Å²) in [6.45, 7) is 3.58. The Hall–Kier alpha value is -1.27. The van der Waals surface area contributed by atoms with Crippen LogP contribution in [0.4, 0.5) is 0 Å². The Morgan fingerprint density at radius 2 is 2.33 bits per heavy atom. The maximum Gasteiger partial charge on any atom is 0.158 e. The molecule has 0 fully saturated rings. The van der Waals surface area contributed by atoms with Gasteiger partial charge in [0.15, 0.2) is 6.10 Å². The van der Waals surface area contributed by atoms with Crippen LogP contribution in [-0.4, -0.2) is 14.7 Å². The highest BCUT2D eigenvalue weighted by atomic mass is 16.3. The van der Waals surface area contributed by atoms with E-state index in [0.717, 1.165) is 5.82 Å². The van der Waals surface area contributed by atoms with Crippen molar-refractivity contribution in [3.8, 4) is 11.8 Å². The monoisotopic (exact) mass is 164 g/mol. The predicted molar refractivity (Wildman–Crippen MR) is 46.4 cm³/mol. The highest BCUT2D eigenvalue weighted by molar-refractivity contribution is 5.16. The lowest BCUT2D eigenvalue weighted by Crippen LogP contribution is -1.93. The predicted octanol–water partition coefficient (Wildman–Crippen LogP) is 0.785. The lowest BCUT2D eigenvalue weighted by molar-refractivity contribution is 0.233. The van der Waals surface area contributed by atoms with E-state index in [-0.39, 0.29) is 0 Å². The van der Waals surface area contributed by atoms with E-state index in [1.54, 1.807) is 13.1 Å². The first-order valence-electron chi connectivity index (χ1n) is 3.75. The summed E-state index contributed by atoms with van der Waals surface area (Å²) in [5.74, 6) is 6.15. The molecule has 1 heterocycles. The van der Waals surface area contributed by atoms with E-state index >= 15 is 0 Å². The molecule has 0 aliphatic carbocycles. The standard InChI is InChI=1S/C9H12N2O/c1-4-5-9(12)8-6-11(3)7(2)10-8/h6,9,12H,1-3H3. The Labute approximate surface area is 72.1 Å². The summed E-state index contributed by atoms with van der Waals surface area (Å²) in [7, 11) is 1.89. The molecular formula is C9H12N2O. The van der Waals surface area contributed by atoms with Gasteiger partial charge in [0.2, 0.25) is 0 Å². The third-order valence-corrected chi connectivity index (χ3v) is 1.69. The van der Waals surface area contributed by atoms with Crippen LogP contribution >= 0.6 is 0 Å². The first-order chi connectivity index (χ1) is 5.65. The average Bonchev–Trinajstić information content (AvgIpc) is 2.33. The van der Waals surface area contributed by atoms with Crippen molar-refractivity contribution in [3.05, 3.63) is 17.7 Å². The zero-order chi connectivity index (χ0) is 9.14. The van der Waals surface area contributed by atoms with Crippen LogP contribution in [-0.2, 0) is 7.05 Å². The largest absolute Gasteiger partial charge is 0.374 e. The Bertz CT molecular complexity index is 311. The van der Waals surface area contributed by atoms with Gasteiger partial charge in [0.05, 0.1) is 5.69 Å². The zero-order valence-corrected chi connectivity index (χ0v) is 7.50. The molecule has 1 aromatic heterocycles. The van der Waals surface area contributed by atoms with Crippen LogP contribution in [0.15, 0.2) is 6.20 Å². The fraction of sp³-hybridized carbons (Fsp3) is 0.444. The molecule has 0 aliphatic heterocycles. The van der Waals surface area contributed by atoms with Crippen LogP contribution in [0.2, 0.25) is 0 Å². The van der Waals surface area contributed by atoms with Crippen LogP contribution in [0.1, 0.15) is 24.5 Å². The van der Waals surface area contributed by atoms with E-state index < -0.39 is 6.10 Å². The van der Waals surface area contributed by atoms with Gasteiger partial charge < -0.3 is 9.67 Å². The summed E-state index contributed by atoms with van der Waals surface area (Å²) in [5.41, 5.74) is 0.615. The van der Waals surface area contributed by atoms with E-state index in [4.69, 9.17) is 0 Å². The van der Waals surface area contributed by atoms with Gasteiger partial charge in [-0.05, 0) is 13.8 Å². The smallest absolute Gasteiger partial charge is 0.158 e. The Kier molecular flexibility index (Phi) is 2.51. The number of nitrogens with zero attached hydrogens (tertiary/aromatic N) is 2. The van der Waals surface area contributed by atoms with Crippen molar-refractivity contribution in [2.45, 2.75) is 20.0 Å².